The molecule has 2 rings (SSSR count). The number of halogens is 1. The number of rotatable bonds is 5. The normalized spacial score (nSPS) is 9.91. The van der Waals surface area contributed by atoms with Crippen molar-refractivity contribution in [3.8, 4) is 11.4 Å². The minimum absolute atomic E-state index is 0. The van der Waals surface area contributed by atoms with Gasteiger partial charge in [-0.05, 0) is 18.6 Å². The Balaban J connectivity index is 0.00000242. The van der Waals surface area contributed by atoms with E-state index in [9.17, 15) is 9.59 Å². The molecule has 1 aromatic carbocycles. The molecule has 0 aliphatic heterocycles. The summed E-state index contributed by atoms with van der Waals surface area (Å²) in [7, 11) is 0. The Morgan fingerprint density at radius 2 is 2.14 bits per heavy atom. The molecule has 0 saturated heterocycles. The topological polar surface area (TPSA) is 101 Å². The van der Waals surface area contributed by atoms with E-state index in [0.717, 1.165) is 11.3 Å². The van der Waals surface area contributed by atoms with Crippen molar-refractivity contribution in [2.24, 2.45) is 5.73 Å². The van der Waals surface area contributed by atoms with Crippen molar-refractivity contribution in [2.45, 2.75) is 19.8 Å². The predicted octanol–water partition coefficient (Wildman–Crippen LogP) is 1.71. The first-order valence-electron chi connectivity index (χ1n) is 6.83. The molecule has 0 aliphatic carbocycles. The molecule has 0 unspecified atom stereocenters. The molecule has 0 radical (unpaired) electrons. The van der Waals surface area contributed by atoms with Crippen LogP contribution in [0.15, 0.2) is 35.1 Å². The Morgan fingerprint density at radius 3 is 2.82 bits per heavy atom. The standard InChI is InChI=1S/C15H18N4O2.ClH/c1-2-11-9-14(21)19-15(18-11)10-4-3-5-12(8-10)17-13(20)6-7-16;/h3-5,8-9H,2,6-7,16H2,1H3,(H,17,20)(H,18,19,21);1H. The molecule has 4 N–H and O–H groups in total. The van der Waals surface area contributed by atoms with E-state index in [1.165, 1.54) is 6.07 Å². The molecular weight excluding hydrogens is 304 g/mol. The van der Waals surface area contributed by atoms with Crippen molar-refractivity contribution in [1.29, 1.82) is 0 Å². The lowest BCUT2D eigenvalue weighted by Gasteiger charge is -2.07. The van der Waals surface area contributed by atoms with E-state index in [0.29, 0.717) is 24.5 Å². The first-order chi connectivity index (χ1) is 10.1. The number of anilines is 1. The summed E-state index contributed by atoms with van der Waals surface area (Å²) in [6.45, 7) is 2.24. The van der Waals surface area contributed by atoms with Gasteiger partial charge in [-0.1, -0.05) is 19.1 Å². The molecule has 0 saturated carbocycles. The van der Waals surface area contributed by atoms with Gasteiger partial charge in [-0.2, -0.15) is 0 Å². The second-order valence-corrected chi connectivity index (χ2v) is 4.61. The second-order valence-electron chi connectivity index (χ2n) is 4.61. The summed E-state index contributed by atoms with van der Waals surface area (Å²) < 4.78 is 0. The van der Waals surface area contributed by atoms with Crippen LogP contribution in [0.3, 0.4) is 0 Å². The predicted molar refractivity (Wildman–Crippen MR) is 89.2 cm³/mol. The average molecular weight is 323 g/mol. The molecule has 6 nitrogen and oxygen atoms in total. The number of hydrogen-bond donors (Lipinski definition) is 3. The number of nitrogens with zero attached hydrogens (tertiary/aromatic N) is 1. The fraction of sp³-hybridized carbons (Fsp3) is 0.267. The Bertz CT molecular complexity index is 700. The van der Waals surface area contributed by atoms with E-state index in [1.807, 2.05) is 13.0 Å². The molecule has 0 atom stereocenters. The molecule has 0 aliphatic rings. The number of hydrogen-bond acceptors (Lipinski definition) is 4. The van der Waals surface area contributed by atoms with Crippen molar-refractivity contribution in [3.63, 3.8) is 0 Å². The highest BCUT2D eigenvalue weighted by atomic mass is 35.5. The smallest absolute Gasteiger partial charge is 0.251 e. The summed E-state index contributed by atoms with van der Waals surface area (Å²) in [6, 6.07) is 8.66. The third-order valence-corrected chi connectivity index (χ3v) is 2.95. The highest BCUT2D eigenvalue weighted by Crippen LogP contribution is 2.19. The van der Waals surface area contributed by atoms with E-state index in [2.05, 4.69) is 15.3 Å². The van der Waals surface area contributed by atoms with Gasteiger partial charge in [0.25, 0.3) is 5.56 Å². The quantitative estimate of drug-likeness (QED) is 0.780. The van der Waals surface area contributed by atoms with Gasteiger partial charge >= 0.3 is 0 Å². The van der Waals surface area contributed by atoms with Gasteiger partial charge in [-0.25, -0.2) is 4.98 Å². The van der Waals surface area contributed by atoms with Crippen LogP contribution in [0.5, 0.6) is 0 Å². The maximum atomic E-state index is 11.6. The summed E-state index contributed by atoms with van der Waals surface area (Å²) in [6.07, 6.45) is 0.953. The molecule has 22 heavy (non-hydrogen) atoms. The molecule has 0 spiro atoms. The number of nitrogens with one attached hydrogen (secondary N) is 2. The largest absolute Gasteiger partial charge is 0.330 e. The summed E-state index contributed by atoms with van der Waals surface area (Å²) in [5, 5.41) is 2.76. The average Bonchev–Trinajstić information content (AvgIpc) is 2.47. The lowest BCUT2D eigenvalue weighted by atomic mass is 10.1. The van der Waals surface area contributed by atoms with Crippen molar-refractivity contribution >= 4 is 24.0 Å². The third-order valence-electron chi connectivity index (χ3n) is 2.95. The fourth-order valence-electron chi connectivity index (χ4n) is 1.92. The Labute approximate surface area is 134 Å². The number of H-pyrrole nitrogens is 1. The van der Waals surface area contributed by atoms with E-state index in [1.54, 1.807) is 18.2 Å². The van der Waals surface area contributed by atoms with E-state index in [-0.39, 0.29) is 30.3 Å². The van der Waals surface area contributed by atoms with Crippen molar-refractivity contribution in [1.82, 2.24) is 9.97 Å². The zero-order valence-corrected chi connectivity index (χ0v) is 13.1. The number of carbonyl (C=O) groups is 1. The Morgan fingerprint density at radius 1 is 1.36 bits per heavy atom. The number of aromatic amines is 1. The summed E-state index contributed by atoms with van der Waals surface area (Å²) in [5.41, 5.74) is 7.28. The van der Waals surface area contributed by atoms with Gasteiger partial charge in [0, 0.05) is 36.0 Å². The number of nitrogens with two attached hydrogens (primary N) is 1. The van der Waals surface area contributed by atoms with Gasteiger partial charge in [0.2, 0.25) is 5.91 Å². The number of aromatic nitrogens is 2. The maximum Gasteiger partial charge on any atom is 0.251 e. The van der Waals surface area contributed by atoms with Gasteiger partial charge in [0.15, 0.2) is 0 Å². The molecule has 0 bridgehead atoms. The van der Waals surface area contributed by atoms with Gasteiger partial charge < -0.3 is 16.0 Å². The highest BCUT2D eigenvalue weighted by Gasteiger charge is 2.06. The first kappa shape index (κ1) is 17.9. The van der Waals surface area contributed by atoms with E-state index in [4.69, 9.17) is 5.73 Å². The SMILES string of the molecule is CCc1cc(=O)[nH]c(-c2cccc(NC(=O)CCN)c2)n1.Cl. The van der Waals surface area contributed by atoms with Crippen molar-refractivity contribution in [3.05, 3.63) is 46.4 Å². The summed E-state index contributed by atoms with van der Waals surface area (Å²) in [5.74, 6) is 0.354. The van der Waals surface area contributed by atoms with Crippen LogP contribution in [0, 0.1) is 0 Å². The van der Waals surface area contributed by atoms with Crippen LogP contribution in [-0.2, 0) is 11.2 Å². The van der Waals surface area contributed by atoms with Crippen LogP contribution in [0.1, 0.15) is 19.0 Å². The van der Waals surface area contributed by atoms with Crippen LogP contribution in [0.4, 0.5) is 5.69 Å². The molecule has 2 aromatic rings. The zero-order valence-electron chi connectivity index (χ0n) is 12.3. The van der Waals surface area contributed by atoms with Crippen LogP contribution in [-0.4, -0.2) is 22.4 Å². The summed E-state index contributed by atoms with van der Waals surface area (Å²) >= 11 is 0. The second kappa shape index (κ2) is 8.31. The Kier molecular flexibility index (Phi) is 6.75. The minimum Gasteiger partial charge on any atom is -0.330 e. The lowest BCUT2D eigenvalue weighted by molar-refractivity contribution is -0.116. The zero-order chi connectivity index (χ0) is 15.2. The monoisotopic (exact) mass is 322 g/mol. The van der Waals surface area contributed by atoms with Gasteiger partial charge in [0.05, 0.1) is 0 Å². The molecule has 1 amide bonds. The van der Waals surface area contributed by atoms with Gasteiger partial charge in [0.1, 0.15) is 5.82 Å². The van der Waals surface area contributed by atoms with Gasteiger partial charge in [-0.3, -0.25) is 9.59 Å². The first-order valence-corrected chi connectivity index (χ1v) is 6.83. The van der Waals surface area contributed by atoms with E-state index < -0.39 is 0 Å². The highest BCUT2D eigenvalue weighted by molar-refractivity contribution is 5.91. The third kappa shape index (κ3) is 4.68. The fourth-order valence-corrected chi connectivity index (χ4v) is 1.92. The summed E-state index contributed by atoms with van der Waals surface area (Å²) in [4.78, 5) is 30.3. The van der Waals surface area contributed by atoms with Crippen LogP contribution in [0.2, 0.25) is 0 Å². The van der Waals surface area contributed by atoms with Crippen LogP contribution < -0.4 is 16.6 Å². The molecule has 1 aromatic heterocycles. The van der Waals surface area contributed by atoms with Crippen molar-refractivity contribution < 1.29 is 4.79 Å². The number of carbonyl (C=O) groups excluding carboxylic acids is 1. The van der Waals surface area contributed by atoms with Crippen LogP contribution >= 0.6 is 12.4 Å². The van der Waals surface area contributed by atoms with Gasteiger partial charge in [-0.15, -0.1) is 12.4 Å². The Hall–Kier alpha value is -2.18. The molecule has 0 fully saturated rings. The van der Waals surface area contributed by atoms with Crippen LogP contribution in [0.25, 0.3) is 11.4 Å². The maximum absolute atomic E-state index is 11.6. The van der Waals surface area contributed by atoms with Crippen molar-refractivity contribution in [2.75, 3.05) is 11.9 Å². The number of aryl methyl sites for hydroxylation is 1. The molecule has 118 valence electrons. The number of benzene rings is 1. The minimum atomic E-state index is -0.186. The molecular formula is C15H19ClN4O2. The van der Waals surface area contributed by atoms with E-state index >= 15 is 0 Å². The lowest BCUT2D eigenvalue weighted by Crippen LogP contribution is -2.16. The molecule has 1 heterocycles. The number of amides is 1. The molecule has 7 heteroatoms.